The number of aromatic nitrogens is 2. The summed E-state index contributed by atoms with van der Waals surface area (Å²) in [7, 11) is 0. The van der Waals surface area contributed by atoms with Crippen LogP contribution in [0.2, 0.25) is 0 Å². The van der Waals surface area contributed by atoms with E-state index in [4.69, 9.17) is 4.74 Å². The molecule has 3 heterocycles. The van der Waals surface area contributed by atoms with Gasteiger partial charge in [0.25, 0.3) is 5.91 Å². The van der Waals surface area contributed by atoms with Crippen LogP contribution in [0.25, 0.3) is 21.1 Å². The topological polar surface area (TPSA) is 67.4 Å². The summed E-state index contributed by atoms with van der Waals surface area (Å²) in [5, 5.41) is 6.37. The molecular formula is C21H23FN4O2S2. The Kier molecular flexibility index (Phi) is 6.83. The van der Waals surface area contributed by atoms with Crippen molar-refractivity contribution >= 4 is 28.6 Å². The molecule has 0 radical (unpaired) electrons. The molecule has 0 spiro atoms. The van der Waals surface area contributed by atoms with E-state index in [1.807, 2.05) is 6.92 Å². The van der Waals surface area contributed by atoms with Crippen LogP contribution in [-0.2, 0) is 4.74 Å². The van der Waals surface area contributed by atoms with Gasteiger partial charge in [0.15, 0.2) is 0 Å². The predicted octanol–water partition coefficient (Wildman–Crippen LogP) is 3.83. The SMILES string of the molecule is Cc1nc(-c2ccc(F)cc2)c(-c2nc(C(=O)NCCCN3CCOCC3)cs2)s1. The number of rotatable bonds is 7. The molecule has 6 nitrogen and oxygen atoms in total. The number of carbonyl (C=O) groups is 1. The number of hydrogen-bond donors (Lipinski definition) is 1. The number of aryl methyl sites for hydroxylation is 1. The van der Waals surface area contributed by atoms with E-state index in [9.17, 15) is 9.18 Å². The lowest BCUT2D eigenvalue weighted by Crippen LogP contribution is -2.38. The smallest absolute Gasteiger partial charge is 0.270 e. The Labute approximate surface area is 182 Å². The van der Waals surface area contributed by atoms with Crippen molar-refractivity contribution in [3.05, 3.63) is 46.2 Å². The summed E-state index contributed by atoms with van der Waals surface area (Å²) in [5.74, 6) is -0.446. The van der Waals surface area contributed by atoms with Crippen LogP contribution < -0.4 is 5.32 Å². The third-order valence-electron chi connectivity index (χ3n) is 4.82. The highest BCUT2D eigenvalue weighted by Crippen LogP contribution is 2.38. The molecule has 0 atom stereocenters. The van der Waals surface area contributed by atoms with Gasteiger partial charge in [-0.2, -0.15) is 0 Å². The molecule has 0 saturated carbocycles. The van der Waals surface area contributed by atoms with Crippen LogP contribution >= 0.6 is 22.7 Å². The van der Waals surface area contributed by atoms with Crippen molar-refractivity contribution in [1.29, 1.82) is 0 Å². The van der Waals surface area contributed by atoms with Crippen molar-refractivity contribution in [2.24, 2.45) is 0 Å². The fourth-order valence-electron chi connectivity index (χ4n) is 3.28. The zero-order chi connectivity index (χ0) is 20.9. The molecule has 4 rings (SSSR count). The van der Waals surface area contributed by atoms with Crippen molar-refractivity contribution < 1.29 is 13.9 Å². The van der Waals surface area contributed by atoms with E-state index in [-0.39, 0.29) is 11.7 Å². The number of hydrogen-bond acceptors (Lipinski definition) is 7. The maximum absolute atomic E-state index is 13.3. The monoisotopic (exact) mass is 446 g/mol. The van der Waals surface area contributed by atoms with Crippen LogP contribution in [0.5, 0.6) is 0 Å². The first kappa shape index (κ1) is 21.0. The first-order valence-electron chi connectivity index (χ1n) is 9.88. The fourth-order valence-corrected chi connectivity index (χ4v) is 5.11. The van der Waals surface area contributed by atoms with Crippen molar-refractivity contribution in [2.75, 3.05) is 39.4 Å². The van der Waals surface area contributed by atoms with Crippen molar-refractivity contribution in [1.82, 2.24) is 20.2 Å². The Morgan fingerprint density at radius 3 is 2.77 bits per heavy atom. The summed E-state index contributed by atoms with van der Waals surface area (Å²) in [6, 6.07) is 6.27. The van der Waals surface area contributed by atoms with Gasteiger partial charge in [-0.15, -0.1) is 22.7 Å². The van der Waals surface area contributed by atoms with Crippen LogP contribution in [0, 0.1) is 12.7 Å². The summed E-state index contributed by atoms with van der Waals surface area (Å²) in [5.41, 5.74) is 2.02. The van der Waals surface area contributed by atoms with E-state index in [0.717, 1.165) is 65.4 Å². The van der Waals surface area contributed by atoms with Gasteiger partial charge in [0.05, 0.1) is 28.8 Å². The van der Waals surface area contributed by atoms with Gasteiger partial charge in [0, 0.05) is 30.6 Å². The number of amides is 1. The van der Waals surface area contributed by atoms with Gasteiger partial charge in [-0.3, -0.25) is 9.69 Å². The molecule has 2 aromatic heterocycles. The molecule has 1 N–H and O–H groups in total. The molecule has 1 aliphatic rings. The highest BCUT2D eigenvalue weighted by molar-refractivity contribution is 7.21. The van der Waals surface area contributed by atoms with Gasteiger partial charge in [-0.25, -0.2) is 14.4 Å². The molecule has 9 heteroatoms. The average molecular weight is 447 g/mol. The van der Waals surface area contributed by atoms with E-state index in [1.165, 1.54) is 34.8 Å². The van der Waals surface area contributed by atoms with Crippen LogP contribution in [0.4, 0.5) is 4.39 Å². The summed E-state index contributed by atoms with van der Waals surface area (Å²) in [6.45, 7) is 6.96. The first-order valence-corrected chi connectivity index (χ1v) is 11.6. The van der Waals surface area contributed by atoms with Gasteiger partial charge in [-0.05, 0) is 44.2 Å². The molecule has 1 saturated heterocycles. The second-order valence-electron chi connectivity index (χ2n) is 7.02. The molecule has 0 aliphatic carbocycles. The van der Waals surface area contributed by atoms with E-state index in [2.05, 4.69) is 20.2 Å². The molecule has 1 amide bonds. The number of thiazole rings is 2. The minimum atomic E-state index is -0.283. The summed E-state index contributed by atoms with van der Waals surface area (Å²) in [6.07, 6.45) is 0.894. The third-order valence-corrected chi connectivity index (χ3v) is 6.79. The lowest BCUT2D eigenvalue weighted by atomic mass is 10.1. The summed E-state index contributed by atoms with van der Waals surface area (Å²) < 4.78 is 18.6. The second kappa shape index (κ2) is 9.74. The Morgan fingerprint density at radius 2 is 2.00 bits per heavy atom. The summed E-state index contributed by atoms with van der Waals surface area (Å²) >= 11 is 2.94. The lowest BCUT2D eigenvalue weighted by molar-refractivity contribution is 0.0374. The van der Waals surface area contributed by atoms with Crippen LogP contribution in [-0.4, -0.2) is 60.2 Å². The van der Waals surface area contributed by atoms with E-state index in [1.54, 1.807) is 17.5 Å². The normalized spacial score (nSPS) is 14.7. The molecule has 1 fully saturated rings. The Bertz CT molecular complexity index is 997. The molecule has 3 aromatic rings. The van der Waals surface area contributed by atoms with Crippen LogP contribution in [0.15, 0.2) is 29.6 Å². The second-order valence-corrected chi connectivity index (χ2v) is 9.08. The first-order chi connectivity index (χ1) is 14.6. The van der Waals surface area contributed by atoms with Crippen molar-refractivity contribution in [2.45, 2.75) is 13.3 Å². The standard InChI is InChI=1S/C21H23FN4O2S2/c1-14-24-18(15-3-5-16(22)6-4-15)19(30-14)21-25-17(13-29-21)20(27)23-7-2-8-26-9-11-28-12-10-26/h3-6,13H,2,7-12H2,1H3,(H,23,27). The van der Waals surface area contributed by atoms with Crippen molar-refractivity contribution in [3.63, 3.8) is 0 Å². The van der Waals surface area contributed by atoms with E-state index < -0.39 is 0 Å². The molecule has 158 valence electrons. The number of benzene rings is 1. The minimum Gasteiger partial charge on any atom is -0.379 e. The molecule has 30 heavy (non-hydrogen) atoms. The quantitative estimate of drug-likeness (QED) is 0.559. The maximum Gasteiger partial charge on any atom is 0.270 e. The van der Waals surface area contributed by atoms with Gasteiger partial charge in [-0.1, -0.05) is 0 Å². The van der Waals surface area contributed by atoms with E-state index in [0.29, 0.717) is 12.2 Å². The lowest BCUT2D eigenvalue weighted by Gasteiger charge is -2.26. The van der Waals surface area contributed by atoms with Crippen LogP contribution in [0.3, 0.4) is 0 Å². The Morgan fingerprint density at radius 1 is 1.23 bits per heavy atom. The van der Waals surface area contributed by atoms with Crippen LogP contribution in [0.1, 0.15) is 21.9 Å². The van der Waals surface area contributed by atoms with Gasteiger partial charge < -0.3 is 10.1 Å². The number of nitrogens with zero attached hydrogens (tertiary/aromatic N) is 3. The largest absolute Gasteiger partial charge is 0.379 e. The molecule has 1 aromatic carbocycles. The zero-order valence-corrected chi connectivity index (χ0v) is 18.3. The maximum atomic E-state index is 13.3. The molecule has 0 bridgehead atoms. The van der Waals surface area contributed by atoms with Crippen molar-refractivity contribution in [3.8, 4) is 21.1 Å². The number of carbonyl (C=O) groups excluding carboxylic acids is 1. The number of halogens is 1. The molecular weight excluding hydrogens is 423 g/mol. The number of ether oxygens (including phenoxy) is 1. The number of morpholine rings is 1. The van der Waals surface area contributed by atoms with Gasteiger partial charge >= 0.3 is 0 Å². The van der Waals surface area contributed by atoms with Gasteiger partial charge in [0.1, 0.15) is 16.5 Å². The molecule has 1 aliphatic heterocycles. The fraction of sp³-hybridized carbons (Fsp3) is 0.381. The number of nitrogens with one attached hydrogen (secondary N) is 1. The highest BCUT2D eigenvalue weighted by Gasteiger charge is 2.19. The highest BCUT2D eigenvalue weighted by atomic mass is 32.1. The third kappa shape index (κ3) is 5.10. The molecule has 0 unspecified atom stereocenters. The predicted molar refractivity (Wildman–Crippen MR) is 118 cm³/mol. The Hall–Kier alpha value is -2.20. The zero-order valence-electron chi connectivity index (χ0n) is 16.7. The summed E-state index contributed by atoms with van der Waals surface area (Å²) in [4.78, 5) is 24.9. The average Bonchev–Trinajstić information content (AvgIpc) is 3.39. The van der Waals surface area contributed by atoms with E-state index >= 15 is 0 Å². The minimum absolute atomic E-state index is 0.163. The van der Waals surface area contributed by atoms with Gasteiger partial charge in [0.2, 0.25) is 0 Å². The Balaban J connectivity index is 1.39.